The Morgan fingerprint density at radius 2 is 1.95 bits per heavy atom. The lowest BCUT2D eigenvalue weighted by molar-refractivity contribution is -0.137. The number of benzene rings is 1. The highest BCUT2D eigenvalue weighted by Crippen LogP contribution is 2.45. The number of hydrogen-bond acceptors (Lipinski definition) is 2. The predicted octanol–water partition coefficient (Wildman–Crippen LogP) is 2.15. The van der Waals surface area contributed by atoms with Gasteiger partial charge in [0.1, 0.15) is 0 Å². The van der Waals surface area contributed by atoms with Crippen LogP contribution >= 0.6 is 0 Å². The maximum Gasteiger partial charge on any atom is 0.335 e. The van der Waals surface area contributed by atoms with Gasteiger partial charge in [0.25, 0.3) is 0 Å². The second-order valence-electron chi connectivity index (χ2n) is 5.54. The number of hydrogen-bond donors (Lipinski definition) is 0. The van der Waals surface area contributed by atoms with E-state index in [1.165, 1.54) is 24.5 Å². The molecule has 0 unspecified atom stereocenters. The summed E-state index contributed by atoms with van der Waals surface area (Å²) in [6.07, 6.45) is 8.15. The molecule has 1 aromatic carbocycles. The van der Waals surface area contributed by atoms with E-state index in [1.54, 1.807) is 0 Å². The van der Waals surface area contributed by atoms with Gasteiger partial charge in [-0.05, 0) is 30.2 Å². The number of fused-ring (bicyclic) bond motifs is 1. The fourth-order valence-electron chi connectivity index (χ4n) is 3.58. The van der Waals surface area contributed by atoms with E-state index in [4.69, 9.17) is 4.74 Å². The molecule has 19 heavy (non-hydrogen) atoms. The molecule has 0 aromatic heterocycles. The summed E-state index contributed by atoms with van der Waals surface area (Å²) < 4.78 is 5.31. The van der Waals surface area contributed by atoms with Gasteiger partial charge in [-0.3, -0.25) is 0 Å². The Labute approximate surface area is 113 Å². The van der Waals surface area contributed by atoms with Crippen molar-refractivity contribution in [3.8, 4) is 0 Å². The second-order valence-corrected chi connectivity index (χ2v) is 5.54. The number of ether oxygens (including phenoxy) is 1. The van der Waals surface area contributed by atoms with Crippen LogP contribution in [-0.2, 0) is 9.53 Å². The van der Waals surface area contributed by atoms with Crippen molar-refractivity contribution in [2.24, 2.45) is 5.41 Å². The Kier molecular flexibility index (Phi) is 3.17. The average molecular weight is 256 g/mol. The largest absolute Gasteiger partial charge is 0.463 e. The molecule has 0 amide bonds. The zero-order chi connectivity index (χ0) is 13.3. The molecule has 0 aliphatic heterocycles. The average Bonchev–Trinajstić information content (AvgIpc) is 2.73. The normalized spacial score (nSPS) is 19.9. The molecule has 1 saturated carbocycles. The second kappa shape index (κ2) is 4.84. The van der Waals surface area contributed by atoms with Gasteiger partial charge in [0.2, 0.25) is 0 Å². The first-order valence-electron chi connectivity index (χ1n) is 7.27. The van der Waals surface area contributed by atoms with Crippen molar-refractivity contribution < 1.29 is 9.53 Å². The highest BCUT2D eigenvalue weighted by atomic mass is 16.5. The van der Waals surface area contributed by atoms with E-state index in [0.717, 1.165) is 23.6 Å². The van der Waals surface area contributed by atoms with Crippen molar-refractivity contribution in [3.05, 3.63) is 34.7 Å². The van der Waals surface area contributed by atoms with E-state index < -0.39 is 0 Å². The molecule has 2 aliphatic carbocycles. The molecule has 3 rings (SSSR count). The number of carbonyl (C=O) groups is 1. The molecule has 0 radical (unpaired) electrons. The van der Waals surface area contributed by atoms with Crippen LogP contribution in [0.4, 0.5) is 0 Å². The number of esters is 1. The van der Waals surface area contributed by atoms with Crippen molar-refractivity contribution in [3.63, 3.8) is 0 Å². The topological polar surface area (TPSA) is 26.3 Å². The highest BCUT2D eigenvalue weighted by Gasteiger charge is 2.40. The molecule has 0 heterocycles. The summed E-state index contributed by atoms with van der Waals surface area (Å²) in [5.41, 5.74) is 0.846. The summed E-state index contributed by atoms with van der Waals surface area (Å²) in [6.45, 7) is 2.32. The quantitative estimate of drug-likeness (QED) is 0.758. The monoisotopic (exact) mass is 256 g/mol. The van der Waals surface area contributed by atoms with Crippen LogP contribution in [0.1, 0.15) is 39.0 Å². The van der Waals surface area contributed by atoms with Gasteiger partial charge in [0, 0.05) is 5.41 Å². The third-order valence-corrected chi connectivity index (χ3v) is 4.39. The Balaban J connectivity index is 2.18. The van der Waals surface area contributed by atoms with E-state index in [-0.39, 0.29) is 11.4 Å². The molecule has 2 nitrogen and oxygen atoms in total. The number of rotatable bonds is 2. The lowest BCUT2D eigenvalue weighted by atomic mass is 9.70. The highest BCUT2D eigenvalue weighted by molar-refractivity contribution is 6.14. The van der Waals surface area contributed by atoms with E-state index in [9.17, 15) is 4.79 Å². The summed E-state index contributed by atoms with van der Waals surface area (Å²) in [4.78, 5) is 12.4. The van der Waals surface area contributed by atoms with E-state index in [1.807, 2.05) is 19.1 Å². The summed E-state index contributed by atoms with van der Waals surface area (Å²) in [7, 11) is 0. The van der Waals surface area contributed by atoms with Gasteiger partial charge in [0.05, 0.1) is 12.2 Å². The molecule has 100 valence electrons. The lowest BCUT2D eigenvalue weighted by Crippen LogP contribution is -2.30. The smallest absolute Gasteiger partial charge is 0.335 e. The zero-order valence-electron chi connectivity index (χ0n) is 11.4. The van der Waals surface area contributed by atoms with Crippen molar-refractivity contribution in [2.75, 3.05) is 6.61 Å². The van der Waals surface area contributed by atoms with Gasteiger partial charge >= 0.3 is 5.97 Å². The van der Waals surface area contributed by atoms with Crippen LogP contribution in [0.2, 0.25) is 0 Å². The standard InChI is InChI=1S/C17H20O2/c1-2-19-16(18)15-14-9-5-4-8-13(14)12-17(15)10-6-3-7-11-17/h4-5,8-9,12H,2-3,6-7,10-11H2,1H3. The summed E-state index contributed by atoms with van der Waals surface area (Å²) in [6, 6.07) is 8.22. The molecule has 0 atom stereocenters. The van der Waals surface area contributed by atoms with Crippen molar-refractivity contribution in [1.29, 1.82) is 0 Å². The van der Waals surface area contributed by atoms with Crippen molar-refractivity contribution in [1.82, 2.24) is 0 Å². The maximum atomic E-state index is 12.4. The zero-order valence-corrected chi connectivity index (χ0v) is 11.4. The molecule has 1 fully saturated rings. The molecular weight excluding hydrogens is 236 g/mol. The van der Waals surface area contributed by atoms with E-state index in [0.29, 0.717) is 6.61 Å². The minimum absolute atomic E-state index is 0.0613. The summed E-state index contributed by atoms with van der Waals surface area (Å²) in [5, 5.41) is 2.29. The minimum atomic E-state index is -0.120. The Morgan fingerprint density at radius 1 is 1.21 bits per heavy atom. The van der Waals surface area contributed by atoms with Crippen LogP contribution in [-0.4, -0.2) is 12.6 Å². The molecular formula is C17H20O2. The molecule has 0 N–H and O–H groups in total. The molecule has 0 bridgehead atoms. The molecule has 1 aromatic rings. The van der Waals surface area contributed by atoms with Gasteiger partial charge in [-0.1, -0.05) is 49.6 Å². The summed E-state index contributed by atoms with van der Waals surface area (Å²) >= 11 is 0. The third kappa shape index (κ3) is 1.99. The van der Waals surface area contributed by atoms with Gasteiger partial charge in [-0.2, -0.15) is 0 Å². The van der Waals surface area contributed by atoms with Crippen molar-refractivity contribution >= 4 is 17.6 Å². The minimum Gasteiger partial charge on any atom is -0.463 e. The predicted molar refractivity (Wildman–Crippen MR) is 75.7 cm³/mol. The van der Waals surface area contributed by atoms with Crippen LogP contribution in [0.3, 0.4) is 0 Å². The molecule has 1 spiro atoms. The van der Waals surface area contributed by atoms with E-state index >= 15 is 0 Å². The summed E-state index contributed by atoms with van der Waals surface area (Å²) in [5.74, 6) is -0.120. The van der Waals surface area contributed by atoms with Gasteiger partial charge < -0.3 is 4.74 Å². The first kappa shape index (κ1) is 12.5. The molecule has 0 saturated heterocycles. The van der Waals surface area contributed by atoms with Crippen LogP contribution in [0.5, 0.6) is 0 Å². The van der Waals surface area contributed by atoms with Crippen LogP contribution in [0.25, 0.3) is 11.6 Å². The lowest BCUT2D eigenvalue weighted by Gasteiger charge is -2.33. The Morgan fingerprint density at radius 3 is 2.68 bits per heavy atom. The van der Waals surface area contributed by atoms with Crippen LogP contribution < -0.4 is 10.4 Å². The third-order valence-electron chi connectivity index (χ3n) is 4.39. The van der Waals surface area contributed by atoms with Gasteiger partial charge in [-0.25, -0.2) is 4.79 Å². The Bertz CT molecular complexity index is 606. The first-order chi connectivity index (χ1) is 9.27. The van der Waals surface area contributed by atoms with E-state index in [2.05, 4.69) is 18.2 Å². The van der Waals surface area contributed by atoms with Crippen LogP contribution in [0, 0.1) is 5.41 Å². The Hall–Kier alpha value is -1.57. The SMILES string of the molecule is CCOC(=O)C1=c2ccccc2=CC12CCCCC2. The molecule has 2 heteroatoms. The van der Waals surface area contributed by atoms with Gasteiger partial charge in [-0.15, -0.1) is 0 Å². The molecule has 2 aliphatic rings. The first-order valence-corrected chi connectivity index (χ1v) is 7.27. The van der Waals surface area contributed by atoms with Crippen LogP contribution in [0.15, 0.2) is 24.3 Å². The van der Waals surface area contributed by atoms with Gasteiger partial charge in [0.15, 0.2) is 0 Å². The fraction of sp³-hybridized carbons (Fsp3) is 0.471. The fourth-order valence-corrected chi connectivity index (χ4v) is 3.58. The number of carbonyl (C=O) groups excluding carboxylic acids is 1. The van der Waals surface area contributed by atoms with Crippen molar-refractivity contribution in [2.45, 2.75) is 39.0 Å². The maximum absolute atomic E-state index is 12.4.